The van der Waals surface area contributed by atoms with Gasteiger partial charge < -0.3 is 19.1 Å². The van der Waals surface area contributed by atoms with Crippen LogP contribution in [0.4, 0.5) is 20.9 Å². The third-order valence-electron chi connectivity index (χ3n) is 7.55. The Bertz CT molecular complexity index is 1700. The van der Waals surface area contributed by atoms with Crippen molar-refractivity contribution in [3.63, 3.8) is 0 Å². The molecule has 0 bridgehead atoms. The highest BCUT2D eigenvalue weighted by Gasteiger charge is 2.23. The van der Waals surface area contributed by atoms with Crippen LogP contribution in [0.1, 0.15) is 25.6 Å². The van der Waals surface area contributed by atoms with E-state index >= 15 is 0 Å². The molecule has 0 saturated carbocycles. The number of carbonyl (C=O) groups excluding carboxylic acids is 1. The molecule has 0 aliphatic carbocycles. The molecule has 1 fully saturated rings. The topological polar surface area (TPSA) is 94.7 Å². The molecule has 218 valence electrons. The molecule has 2 aromatic heterocycles. The molecule has 0 N–H and O–H groups in total. The molecular weight excluding hydrogens is 555 g/mol. The summed E-state index contributed by atoms with van der Waals surface area (Å²) in [6, 6.07) is 14.3. The molecule has 1 aliphatic heterocycles. The standard InChI is InChI=1S/C31H33FN6O3S/c1-5-41-28(39)19-38-18-26(35(4)31-34-29(27(17-33)42-31)21-6-8-22(32)9-7-21)25-16-23(10-11-24(25)30(38)40)37-14-12-36(13-15-37)20(2)3/h6-11,16,18,20H,5,12-15,19H2,1-4H3. The molecule has 42 heavy (non-hydrogen) atoms. The first-order chi connectivity index (χ1) is 20.2. The number of aromatic nitrogens is 2. The van der Waals surface area contributed by atoms with E-state index < -0.39 is 5.97 Å². The molecule has 0 spiro atoms. The fourth-order valence-corrected chi connectivity index (χ4v) is 6.08. The number of rotatable bonds is 8. The molecule has 5 rings (SSSR count). The monoisotopic (exact) mass is 588 g/mol. The highest BCUT2D eigenvalue weighted by molar-refractivity contribution is 7.16. The Kier molecular flexibility index (Phi) is 8.56. The molecule has 4 aromatic rings. The number of esters is 1. The summed E-state index contributed by atoms with van der Waals surface area (Å²) in [5.74, 6) is -0.881. The van der Waals surface area contributed by atoms with Gasteiger partial charge in [-0.15, -0.1) is 0 Å². The quantitative estimate of drug-likeness (QED) is 0.266. The van der Waals surface area contributed by atoms with Gasteiger partial charge >= 0.3 is 5.97 Å². The second-order valence-electron chi connectivity index (χ2n) is 10.5. The molecule has 1 saturated heterocycles. The first-order valence-electron chi connectivity index (χ1n) is 13.9. The van der Waals surface area contributed by atoms with Gasteiger partial charge in [0, 0.05) is 67.5 Å². The summed E-state index contributed by atoms with van der Waals surface area (Å²) < 4.78 is 20.0. The normalized spacial score (nSPS) is 13.9. The van der Waals surface area contributed by atoms with E-state index in [1.807, 2.05) is 30.1 Å². The van der Waals surface area contributed by atoms with E-state index in [9.17, 15) is 19.2 Å². The van der Waals surface area contributed by atoms with Crippen molar-refractivity contribution in [2.45, 2.75) is 33.4 Å². The van der Waals surface area contributed by atoms with E-state index in [-0.39, 0.29) is 24.5 Å². The number of fused-ring (bicyclic) bond motifs is 1. The second kappa shape index (κ2) is 12.3. The summed E-state index contributed by atoms with van der Waals surface area (Å²) in [5.41, 5.74) is 2.45. The number of ether oxygens (including phenoxy) is 1. The first kappa shape index (κ1) is 29.2. The Balaban J connectivity index is 1.60. The summed E-state index contributed by atoms with van der Waals surface area (Å²) in [7, 11) is 1.82. The first-order valence-corrected chi connectivity index (χ1v) is 14.7. The van der Waals surface area contributed by atoms with Gasteiger partial charge in [0.1, 0.15) is 29.0 Å². The lowest BCUT2D eigenvalue weighted by Gasteiger charge is -2.38. The molecule has 1 aliphatic rings. The third-order valence-corrected chi connectivity index (χ3v) is 8.58. The highest BCUT2D eigenvalue weighted by Crippen LogP contribution is 2.38. The maximum Gasteiger partial charge on any atom is 0.326 e. The van der Waals surface area contributed by atoms with Crippen LogP contribution in [0.25, 0.3) is 22.0 Å². The van der Waals surface area contributed by atoms with Crippen molar-refractivity contribution in [1.82, 2.24) is 14.5 Å². The van der Waals surface area contributed by atoms with E-state index in [0.717, 1.165) is 31.9 Å². The Labute approximate surface area is 248 Å². The zero-order valence-electron chi connectivity index (χ0n) is 24.1. The highest BCUT2D eigenvalue weighted by atomic mass is 32.1. The predicted octanol–water partition coefficient (Wildman–Crippen LogP) is 5.00. The number of piperazine rings is 1. The number of hydrogen-bond acceptors (Lipinski definition) is 9. The lowest BCUT2D eigenvalue weighted by atomic mass is 10.1. The fourth-order valence-electron chi connectivity index (χ4n) is 5.22. The minimum Gasteiger partial charge on any atom is -0.465 e. The van der Waals surface area contributed by atoms with Crippen molar-refractivity contribution >= 4 is 44.6 Å². The summed E-state index contributed by atoms with van der Waals surface area (Å²) in [5, 5.41) is 11.5. The van der Waals surface area contributed by atoms with E-state index in [2.05, 4.69) is 29.7 Å². The molecule has 0 atom stereocenters. The number of carbonyl (C=O) groups is 1. The van der Waals surface area contributed by atoms with E-state index in [4.69, 9.17) is 9.72 Å². The van der Waals surface area contributed by atoms with Crippen LogP contribution in [0.2, 0.25) is 0 Å². The molecular formula is C31H33FN6O3S. The number of hydrogen-bond donors (Lipinski definition) is 0. The summed E-state index contributed by atoms with van der Waals surface area (Å²) >= 11 is 1.20. The second-order valence-corrected chi connectivity index (χ2v) is 11.4. The summed E-state index contributed by atoms with van der Waals surface area (Å²) in [6.45, 7) is 9.74. The van der Waals surface area contributed by atoms with Crippen LogP contribution in [-0.4, -0.2) is 66.3 Å². The van der Waals surface area contributed by atoms with Crippen LogP contribution in [0.5, 0.6) is 0 Å². The SMILES string of the molecule is CCOC(=O)Cn1cc(N(C)c2nc(-c3ccc(F)cc3)c(C#N)s2)c2cc(N3CCN(C(C)C)CC3)ccc2c1=O. The average Bonchev–Trinajstić information content (AvgIpc) is 3.43. The van der Waals surface area contributed by atoms with Crippen molar-refractivity contribution in [2.75, 3.05) is 49.6 Å². The number of pyridine rings is 1. The Hall–Kier alpha value is -4.27. The summed E-state index contributed by atoms with van der Waals surface area (Å²) in [4.78, 5) is 37.6. The van der Waals surface area contributed by atoms with Gasteiger partial charge in [0.25, 0.3) is 5.56 Å². The van der Waals surface area contributed by atoms with Crippen LogP contribution >= 0.6 is 11.3 Å². The number of nitrogens with zero attached hydrogens (tertiary/aromatic N) is 6. The summed E-state index contributed by atoms with van der Waals surface area (Å²) in [6.07, 6.45) is 1.65. The van der Waals surface area contributed by atoms with Gasteiger partial charge in [-0.2, -0.15) is 5.26 Å². The molecule has 2 aromatic carbocycles. The fraction of sp³-hybridized carbons (Fsp3) is 0.355. The molecule has 0 radical (unpaired) electrons. The minimum absolute atomic E-state index is 0.212. The van der Waals surface area contributed by atoms with Gasteiger partial charge in [0.2, 0.25) is 0 Å². The molecule has 3 heterocycles. The molecule has 9 nitrogen and oxygen atoms in total. The molecule has 11 heteroatoms. The Morgan fingerprint density at radius 3 is 2.50 bits per heavy atom. The predicted molar refractivity (Wildman–Crippen MR) is 164 cm³/mol. The number of benzene rings is 2. The van der Waals surface area contributed by atoms with E-state index in [1.54, 1.807) is 25.3 Å². The van der Waals surface area contributed by atoms with Crippen molar-refractivity contribution < 1.29 is 13.9 Å². The van der Waals surface area contributed by atoms with Crippen molar-refractivity contribution in [3.05, 3.63) is 69.7 Å². The zero-order chi connectivity index (χ0) is 30.0. The number of thiazole rings is 1. The van der Waals surface area contributed by atoms with Crippen molar-refractivity contribution in [2.24, 2.45) is 0 Å². The van der Waals surface area contributed by atoms with Crippen molar-refractivity contribution in [3.8, 4) is 17.3 Å². The smallest absolute Gasteiger partial charge is 0.326 e. The van der Waals surface area contributed by atoms with Crippen LogP contribution in [0.3, 0.4) is 0 Å². The third kappa shape index (κ3) is 5.86. The Morgan fingerprint density at radius 1 is 1.14 bits per heavy atom. The van der Waals surface area contributed by atoms with Crippen LogP contribution < -0.4 is 15.4 Å². The van der Waals surface area contributed by atoms with Gasteiger partial charge in [-0.05, 0) is 63.2 Å². The van der Waals surface area contributed by atoms with Crippen LogP contribution in [-0.2, 0) is 16.1 Å². The zero-order valence-corrected chi connectivity index (χ0v) is 24.9. The van der Waals surface area contributed by atoms with Crippen LogP contribution in [0.15, 0.2) is 53.5 Å². The average molecular weight is 589 g/mol. The van der Waals surface area contributed by atoms with Gasteiger partial charge in [-0.1, -0.05) is 11.3 Å². The number of nitriles is 1. The Morgan fingerprint density at radius 2 is 1.86 bits per heavy atom. The lowest BCUT2D eigenvalue weighted by molar-refractivity contribution is -0.143. The molecule has 0 amide bonds. The maximum atomic E-state index is 13.6. The number of halogens is 1. The lowest BCUT2D eigenvalue weighted by Crippen LogP contribution is -2.48. The van der Waals surface area contributed by atoms with Crippen molar-refractivity contribution in [1.29, 1.82) is 5.26 Å². The van der Waals surface area contributed by atoms with Gasteiger partial charge in [0.05, 0.1) is 12.3 Å². The van der Waals surface area contributed by atoms with Gasteiger partial charge in [-0.3, -0.25) is 14.5 Å². The van der Waals surface area contributed by atoms with Gasteiger partial charge in [-0.25, -0.2) is 9.37 Å². The minimum atomic E-state index is -0.508. The maximum absolute atomic E-state index is 13.6. The van der Waals surface area contributed by atoms with Gasteiger partial charge in [0.15, 0.2) is 5.13 Å². The van der Waals surface area contributed by atoms with E-state index in [1.165, 1.54) is 28.0 Å². The van der Waals surface area contributed by atoms with E-state index in [0.29, 0.717) is 43.8 Å². The largest absolute Gasteiger partial charge is 0.465 e. The number of anilines is 3. The van der Waals surface area contributed by atoms with Crippen LogP contribution in [0, 0.1) is 17.1 Å². The molecule has 0 unspecified atom stereocenters.